The molecule has 0 heterocycles. The normalized spacial score (nSPS) is 10.5. The summed E-state index contributed by atoms with van der Waals surface area (Å²) in [7, 11) is 1.53. The Labute approximate surface area is 209 Å². The molecule has 3 aromatic carbocycles. The molecule has 0 radical (unpaired) electrons. The number of esters is 1. The van der Waals surface area contributed by atoms with E-state index >= 15 is 0 Å². The van der Waals surface area contributed by atoms with Gasteiger partial charge in [-0.3, -0.25) is 9.59 Å². The molecule has 0 saturated carbocycles. The maximum absolute atomic E-state index is 12.4. The van der Waals surface area contributed by atoms with Crippen molar-refractivity contribution in [2.75, 3.05) is 19.0 Å². The van der Waals surface area contributed by atoms with Crippen LogP contribution in [0.5, 0.6) is 17.2 Å². The zero-order valence-corrected chi connectivity index (χ0v) is 20.0. The monoisotopic (exact) mass is 489 g/mol. The first-order chi connectivity index (χ1) is 17.5. The fraction of sp³-hybridized carbons (Fsp3) is 0.185. The van der Waals surface area contributed by atoms with Crippen LogP contribution in [0.2, 0.25) is 0 Å². The standard InChI is InChI=1S/C27H27N3O6/c1-3-4-17-35-23-13-7-20(8-14-23)27(33)36-24-11-5-19(6-12-24)18-28-30-26(32)25(31)29-21-9-15-22(34-2)16-10-21/h5-16,18H,3-4,17H2,1-2H3,(H,29,31)(H,30,32)/b28-18-. The maximum atomic E-state index is 12.4. The highest BCUT2D eigenvalue weighted by molar-refractivity contribution is 6.39. The van der Waals surface area contributed by atoms with Crippen LogP contribution in [0.3, 0.4) is 0 Å². The van der Waals surface area contributed by atoms with E-state index in [1.807, 2.05) is 0 Å². The number of hydrogen-bond donors (Lipinski definition) is 2. The van der Waals surface area contributed by atoms with Crippen LogP contribution in [0, 0.1) is 0 Å². The van der Waals surface area contributed by atoms with Crippen LogP contribution >= 0.6 is 0 Å². The molecule has 0 bridgehead atoms. The molecule has 3 rings (SSSR count). The molecule has 3 aromatic rings. The van der Waals surface area contributed by atoms with Gasteiger partial charge < -0.3 is 19.5 Å². The number of nitrogens with zero attached hydrogens (tertiary/aromatic N) is 1. The molecule has 0 aliphatic heterocycles. The molecule has 0 saturated heterocycles. The second-order valence-electron chi connectivity index (χ2n) is 7.57. The number of methoxy groups -OCH3 is 1. The van der Waals surface area contributed by atoms with Crippen molar-refractivity contribution in [3.05, 3.63) is 83.9 Å². The van der Waals surface area contributed by atoms with Crippen LogP contribution in [-0.2, 0) is 9.59 Å². The van der Waals surface area contributed by atoms with Gasteiger partial charge in [-0.2, -0.15) is 5.10 Å². The molecule has 0 aromatic heterocycles. The Balaban J connectivity index is 1.46. The van der Waals surface area contributed by atoms with Gasteiger partial charge in [-0.25, -0.2) is 10.2 Å². The van der Waals surface area contributed by atoms with Crippen LogP contribution in [0.25, 0.3) is 0 Å². The van der Waals surface area contributed by atoms with E-state index < -0.39 is 17.8 Å². The van der Waals surface area contributed by atoms with Gasteiger partial charge in [0.15, 0.2) is 0 Å². The number of amides is 2. The van der Waals surface area contributed by atoms with Gasteiger partial charge in [0.2, 0.25) is 0 Å². The smallest absolute Gasteiger partial charge is 0.343 e. The van der Waals surface area contributed by atoms with E-state index in [1.54, 1.807) is 72.8 Å². The minimum absolute atomic E-state index is 0.350. The van der Waals surface area contributed by atoms with E-state index in [-0.39, 0.29) is 0 Å². The Hall–Kier alpha value is -4.66. The third kappa shape index (κ3) is 7.98. The van der Waals surface area contributed by atoms with Crippen molar-refractivity contribution < 1.29 is 28.6 Å². The number of unbranched alkanes of at least 4 members (excludes halogenated alkanes) is 1. The van der Waals surface area contributed by atoms with Crippen molar-refractivity contribution in [1.29, 1.82) is 0 Å². The van der Waals surface area contributed by atoms with Crippen molar-refractivity contribution in [1.82, 2.24) is 5.43 Å². The van der Waals surface area contributed by atoms with Gasteiger partial charge in [-0.15, -0.1) is 0 Å². The summed E-state index contributed by atoms with van der Waals surface area (Å²) in [6, 6.07) is 19.8. The molecule has 0 spiro atoms. The van der Waals surface area contributed by atoms with E-state index in [0.717, 1.165) is 12.8 Å². The van der Waals surface area contributed by atoms with Crippen molar-refractivity contribution >= 4 is 29.7 Å². The summed E-state index contributed by atoms with van der Waals surface area (Å²) < 4.78 is 16.0. The molecule has 0 atom stereocenters. The van der Waals surface area contributed by atoms with Gasteiger partial charge in [0, 0.05) is 5.69 Å². The SMILES string of the molecule is CCCCOc1ccc(C(=O)Oc2ccc(/C=N\NC(=O)C(=O)Nc3ccc(OC)cc3)cc2)cc1. The molecule has 9 nitrogen and oxygen atoms in total. The van der Waals surface area contributed by atoms with Crippen molar-refractivity contribution in [3.8, 4) is 17.2 Å². The third-order valence-electron chi connectivity index (χ3n) is 4.88. The molecular formula is C27H27N3O6. The van der Waals surface area contributed by atoms with Crippen molar-refractivity contribution in [3.63, 3.8) is 0 Å². The van der Waals surface area contributed by atoms with E-state index in [0.29, 0.717) is 40.7 Å². The Kier molecular flexibility index (Phi) is 9.58. The summed E-state index contributed by atoms with van der Waals surface area (Å²) in [5.41, 5.74) is 3.63. The molecule has 2 amide bonds. The highest BCUT2D eigenvalue weighted by Crippen LogP contribution is 2.17. The first-order valence-electron chi connectivity index (χ1n) is 11.3. The van der Waals surface area contributed by atoms with Crippen molar-refractivity contribution in [2.45, 2.75) is 19.8 Å². The van der Waals surface area contributed by atoms with Gasteiger partial charge in [-0.05, 0) is 84.8 Å². The molecule has 9 heteroatoms. The van der Waals surface area contributed by atoms with Gasteiger partial charge in [-0.1, -0.05) is 13.3 Å². The Morgan fingerprint density at radius 3 is 2.11 bits per heavy atom. The fourth-order valence-electron chi connectivity index (χ4n) is 2.89. The summed E-state index contributed by atoms with van der Waals surface area (Å²) in [6.07, 6.45) is 3.38. The number of carbonyl (C=O) groups excluding carboxylic acids is 3. The van der Waals surface area contributed by atoms with Crippen LogP contribution in [0.4, 0.5) is 5.69 Å². The molecule has 36 heavy (non-hydrogen) atoms. The molecule has 0 aliphatic rings. The largest absolute Gasteiger partial charge is 0.497 e. The summed E-state index contributed by atoms with van der Waals surface area (Å²) in [6.45, 7) is 2.72. The lowest BCUT2D eigenvalue weighted by Crippen LogP contribution is -2.32. The predicted molar refractivity (Wildman–Crippen MR) is 136 cm³/mol. The highest BCUT2D eigenvalue weighted by Gasteiger charge is 2.13. The number of nitrogens with one attached hydrogen (secondary N) is 2. The first-order valence-corrected chi connectivity index (χ1v) is 11.3. The Bertz CT molecular complexity index is 1190. The maximum Gasteiger partial charge on any atom is 0.343 e. The number of benzene rings is 3. The molecule has 0 aliphatic carbocycles. The van der Waals surface area contributed by atoms with E-state index in [2.05, 4.69) is 22.8 Å². The lowest BCUT2D eigenvalue weighted by Gasteiger charge is -2.07. The third-order valence-corrected chi connectivity index (χ3v) is 4.88. The number of carbonyl (C=O) groups is 3. The summed E-state index contributed by atoms with van der Waals surface area (Å²) in [4.78, 5) is 36.3. The number of rotatable bonds is 10. The number of hydrogen-bond acceptors (Lipinski definition) is 7. The zero-order valence-electron chi connectivity index (χ0n) is 20.0. The average Bonchev–Trinajstić information content (AvgIpc) is 2.90. The van der Waals surface area contributed by atoms with Crippen LogP contribution < -0.4 is 25.0 Å². The lowest BCUT2D eigenvalue weighted by molar-refractivity contribution is -0.136. The second-order valence-corrected chi connectivity index (χ2v) is 7.57. The lowest BCUT2D eigenvalue weighted by atomic mass is 10.2. The topological polar surface area (TPSA) is 115 Å². The van der Waals surface area contributed by atoms with Crippen LogP contribution in [0.1, 0.15) is 35.7 Å². The van der Waals surface area contributed by atoms with Gasteiger partial charge >= 0.3 is 17.8 Å². The van der Waals surface area contributed by atoms with E-state index in [1.165, 1.54) is 13.3 Å². The number of hydrazone groups is 1. The molecule has 0 unspecified atom stereocenters. The fourth-order valence-corrected chi connectivity index (χ4v) is 2.89. The van der Waals surface area contributed by atoms with Gasteiger partial charge in [0.25, 0.3) is 0 Å². The number of ether oxygens (including phenoxy) is 3. The average molecular weight is 490 g/mol. The van der Waals surface area contributed by atoms with Gasteiger partial charge in [0.1, 0.15) is 17.2 Å². The minimum Gasteiger partial charge on any atom is -0.497 e. The Morgan fingerprint density at radius 2 is 1.47 bits per heavy atom. The quantitative estimate of drug-likeness (QED) is 0.110. The molecular weight excluding hydrogens is 462 g/mol. The predicted octanol–water partition coefficient (Wildman–Crippen LogP) is 4.18. The molecule has 186 valence electrons. The minimum atomic E-state index is -0.922. The zero-order chi connectivity index (χ0) is 25.8. The summed E-state index contributed by atoms with van der Waals surface area (Å²) in [5.74, 6) is -0.594. The number of anilines is 1. The molecule has 2 N–H and O–H groups in total. The van der Waals surface area contributed by atoms with Crippen LogP contribution in [-0.4, -0.2) is 37.7 Å². The van der Waals surface area contributed by atoms with E-state index in [4.69, 9.17) is 14.2 Å². The molecule has 0 fully saturated rings. The Morgan fingerprint density at radius 1 is 0.833 bits per heavy atom. The highest BCUT2D eigenvalue weighted by atomic mass is 16.5. The van der Waals surface area contributed by atoms with Crippen LogP contribution in [0.15, 0.2) is 77.9 Å². The summed E-state index contributed by atoms with van der Waals surface area (Å²) in [5, 5.41) is 6.24. The summed E-state index contributed by atoms with van der Waals surface area (Å²) >= 11 is 0. The van der Waals surface area contributed by atoms with Crippen molar-refractivity contribution in [2.24, 2.45) is 5.10 Å². The second kappa shape index (κ2) is 13.3. The van der Waals surface area contributed by atoms with Gasteiger partial charge in [0.05, 0.1) is 25.5 Å². The van der Waals surface area contributed by atoms with E-state index in [9.17, 15) is 14.4 Å². The first kappa shape index (κ1) is 26.0.